The van der Waals surface area contributed by atoms with Gasteiger partial charge in [-0.3, -0.25) is 0 Å². The average molecular weight is 211 g/mol. The molecule has 0 bridgehead atoms. The van der Waals surface area contributed by atoms with Crippen LogP contribution < -0.4 is 0 Å². The first-order valence-corrected chi connectivity index (χ1v) is 4.12. The molecule has 0 aliphatic carbocycles. The number of hydrogen-bond acceptors (Lipinski definition) is 3. The van der Waals surface area contributed by atoms with E-state index in [1.54, 1.807) is 6.07 Å². The fraction of sp³-hybridized carbons (Fsp3) is 0. The van der Waals surface area contributed by atoms with Gasteiger partial charge < -0.3 is 10.2 Å². The molecule has 4 heteroatoms. The molecule has 0 heterocycles. The molecule has 0 aliphatic heterocycles. The van der Waals surface area contributed by atoms with E-state index in [9.17, 15) is 4.79 Å². The summed E-state index contributed by atoms with van der Waals surface area (Å²) < 4.78 is 0. The number of phenols is 2. The molecular formula is C10H7ClO3. The largest absolute Gasteiger partial charge is 0.504 e. The highest BCUT2D eigenvalue weighted by Gasteiger charge is 1.97. The van der Waals surface area contributed by atoms with Crippen molar-refractivity contribution >= 4 is 23.6 Å². The van der Waals surface area contributed by atoms with Crippen LogP contribution in [0.5, 0.6) is 11.5 Å². The standard InChI is InChI=1S/C10H7ClO3/c11-8(6-12)3-1-7-2-4-9(13)10(14)5-7/h1-5,13-14H. The average Bonchev–Trinajstić information content (AvgIpc) is 2.19. The third-order valence-electron chi connectivity index (χ3n) is 1.52. The molecule has 0 aliphatic rings. The highest BCUT2D eigenvalue weighted by molar-refractivity contribution is 6.35. The number of carbonyl (C=O) groups excluding carboxylic acids is 1. The SMILES string of the molecule is O=C=C(Cl)C=Cc1ccc(O)c(O)c1. The van der Waals surface area contributed by atoms with E-state index >= 15 is 0 Å². The second kappa shape index (κ2) is 4.51. The lowest BCUT2D eigenvalue weighted by Gasteiger charge is -1.97. The van der Waals surface area contributed by atoms with Gasteiger partial charge in [0.1, 0.15) is 11.0 Å². The molecule has 1 rings (SSSR count). The van der Waals surface area contributed by atoms with Gasteiger partial charge in [0.15, 0.2) is 11.5 Å². The maximum atomic E-state index is 10.0. The van der Waals surface area contributed by atoms with Gasteiger partial charge in [0, 0.05) is 0 Å². The Kier molecular flexibility index (Phi) is 3.35. The van der Waals surface area contributed by atoms with Crippen LogP contribution in [0, 0.1) is 0 Å². The van der Waals surface area contributed by atoms with Gasteiger partial charge in [0.2, 0.25) is 0 Å². The van der Waals surface area contributed by atoms with Crippen LogP contribution in [-0.4, -0.2) is 16.2 Å². The fourth-order valence-electron chi connectivity index (χ4n) is 0.848. The number of benzene rings is 1. The molecule has 0 fully saturated rings. The van der Waals surface area contributed by atoms with E-state index in [0.29, 0.717) is 5.56 Å². The van der Waals surface area contributed by atoms with Gasteiger partial charge >= 0.3 is 0 Å². The maximum Gasteiger partial charge on any atom is 0.157 e. The van der Waals surface area contributed by atoms with E-state index in [-0.39, 0.29) is 16.5 Å². The molecule has 0 saturated carbocycles. The minimum Gasteiger partial charge on any atom is -0.504 e. The summed E-state index contributed by atoms with van der Waals surface area (Å²) in [6.07, 6.45) is 2.87. The lowest BCUT2D eigenvalue weighted by Crippen LogP contribution is -1.73. The second-order valence-corrected chi connectivity index (χ2v) is 2.94. The Morgan fingerprint density at radius 2 is 2.07 bits per heavy atom. The van der Waals surface area contributed by atoms with E-state index in [4.69, 9.17) is 21.8 Å². The summed E-state index contributed by atoms with van der Waals surface area (Å²) in [5.41, 5.74) is 0.619. The van der Waals surface area contributed by atoms with Crippen LogP contribution in [0.15, 0.2) is 29.3 Å². The zero-order valence-corrected chi connectivity index (χ0v) is 7.82. The van der Waals surface area contributed by atoms with Crippen molar-refractivity contribution in [3.8, 4) is 11.5 Å². The Labute approximate surface area is 85.6 Å². The van der Waals surface area contributed by atoms with Crippen LogP contribution in [0.3, 0.4) is 0 Å². The molecule has 1 aromatic carbocycles. The molecule has 0 atom stereocenters. The van der Waals surface area contributed by atoms with Crippen LogP contribution in [0.1, 0.15) is 5.56 Å². The molecule has 2 N–H and O–H groups in total. The molecule has 0 amide bonds. The Hall–Kier alpha value is -1.70. The normalized spacial score (nSPS) is 10.1. The first-order chi connectivity index (χ1) is 6.63. The minimum atomic E-state index is -0.224. The zero-order valence-electron chi connectivity index (χ0n) is 7.07. The van der Waals surface area contributed by atoms with Crippen molar-refractivity contribution in [1.29, 1.82) is 0 Å². The number of rotatable bonds is 2. The molecule has 0 spiro atoms. The van der Waals surface area contributed by atoms with Crippen molar-refractivity contribution in [1.82, 2.24) is 0 Å². The van der Waals surface area contributed by atoms with Crippen LogP contribution in [0.2, 0.25) is 0 Å². The molecule has 1 aromatic rings. The minimum absolute atomic E-state index is 0.0578. The molecular weight excluding hydrogens is 204 g/mol. The van der Waals surface area contributed by atoms with Crippen LogP contribution in [-0.2, 0) is 4.79 Å². The summed E-state index contributed by atoms with van der Waals surface area (Å²) in [5.74, 6) is 1.08. The number of aromatic hydroxyl groups is 2. The first kappa shape index (κ1) is 10.4. The van der Waals surface area contributed by atoms with Crippen molar-refractivity contribution in [2.45, 2.75) is 0 Å². The Balaban J connectivity index is 2.94. The van der Waals surface area contributed by atoms with Crippen molar-refractivity contribution < 1.29 is 15.0 Å². The number of halogens is 1. The molecule has 0 aromatic heterocycles. The van der Waals surface area contributed by atoms with Gasteiger partial charge in [0.05, 0.1) is 0 Å². The van der Waals surface area contributed by atoms with Gasteiger partial charge in [0.25, 0.3) is 0 Å². The third kappa shape index (κ3) is 2.66. The van der Waals surface area contributed by atoms with Crippen molar-refractivity contribution in [2.75, 3.05) is 0 Å². The van der Waals surface area contributed by atoms with Gasteiger partial charge in [-0.15, -0.1) is 0 Å². The lowest BCUT2D eigenvalue weighted by molar-refractivity contribution is 0.403. The van der Waals surface area contributed by atoms with Gasteiger partial charge in [-0.05, 0) is 23.8 Å². The highest BCUT2D eigenvalue weighted by atomic mass is 35.5. The van der Waals surface area contributed by atoms with Crippen LogP contribution in [0.25, 0.3) is 6.08 Å². The Morgan fingerprint density at radius 3 is 2.64 bits per heavy atom. The predicted octanol–water partition coefficient (Wildman–Crippen LogP) is 2.07. The van der Waals surface area contributed by atoms with Crippen LogP contribution in [0.4, 0.5) is 0 Å². The van der Waals surface area contributed by atoms with Gasteiger partial charge in [-0.2, -0.15) is 0 Å². The number of allylic oxidation sites excluding steroid dienone is 2. The van der Waals surface area contributed by atoms with Crippen molar-refractivity contribution in [3.05, 3.63) is 34.9 Å². The fourth-order valence-corrected chi connectivity index (χ4v) is 0.911. The highest BCUT2D eigenvalue weighted by Crippen LogP contribution is 2.25. The van der Waals surface area contributed by atoms with Crippen LogP contribution >= 0.6 is 11.6 Å². The second-order valence-electron chi connectivity index (χ2n) is 2.53. The summed E-state index contributed by atoms with van der Waals surface area (Å²) >= 11 is 5.38. The van der Waals surface area contributed by atoms with Gasteiger partial charge in [-0.1, -0.05) is 23.7 Å². The molecule has 0 saturated heterocycles. The quantitative estimate of drug-likeness (QED) is 0.446. The predicted molar refractivity (Wildman–Crippen MR) is 53.9 cm³/mol. The van der Waals surface area contributed by atoms with E-state index in [1.165, 1.54) is 30.2 Å². The van der Waals surface area contributed by atoms with E-state index < -0.39 is 0 Å². The topological polar surface area (TPSA) is 57.5 Å². The summed E-state index contributed by atoms with van der Waals surface area (Å²) in [5, 5.41) is 18.1. The molecule has 3 nitrogen and oxygen atoms in total. The smallest absolute Gasteiger partial charge is 0.157 e. The summed E-state index contributed by atoms with van der Waals surface area (Å²) in [4.78, 5) is 10.0. The van der Waals surface area contributed by atoms with E-state index in [2.05, 4.69) is 0 Å². The Bertz CT molecular complexity index is 417. The molecule has 14 heavy (non-hydrogen) atoms. The Morgan fingerprint density at radius 1 is 1.36 bits per heavy atom. The number of phenolic OH excluding ortho intramolecular Hbond substituents is 2. The number of hydrogen-bond donors (Lipinski definition) is 2. The molecule has 0 radical (unpaired) electrons. The summed E-state index contributed by atoms with van der Waals surface area (Å²) in [6, 6.07) is 4.26. The first-order valence-electron chi connectivity index (χ1n) is 3.74. The van der Waals surface area contributed by atoms with Gasteiger partial charge in [-0.25, -0.2) is 4.79 Å². The monoisotopic (exact) mass is 210 g/mol. The summed E-state index contributed by atoms with van der Waals surface area (Å²) in [6.45, 7) is 0. The van der Waals surface area contributed by atoms with Crippen molar-refractivity contribution in [3.63, 3.8) is 0 Å². The maximum absolute atomic E-state index is 10.0. The molecule has 72 valence electrons. The third-order valence-corrected chi connectivity index (χ3v) is 1.72. The summed E-state index contributed by atoms with van der Waals surface area (Å²) in [7, 11) is 0. The lowest BCUT2D eigenvalue weighted by atomic mass is 10.2. The molecule has 0 unspecified atom stereocenters. The zero-order chi connectivity index (χ0) is 10.6. The van der Waals surface area contributed by atoms with E-state index in [0.717, 1.165) is 0 Å². The van der Waals surface area contributed by atoms with Crippen molar-refractivity contribution in [2.24, 2.45) is 0 Å². The van der Waals surface area contributed by atoms with E-state index in [1.807, 2.05) is 0 Å².